The van der Waals surface area contributed by atoms with Gasteiger partial charge in [0.2, 0.25) is 0 Å². The van der Waals surface area contributed by atoms with E-state index in [1.165, 1.54) is 0 Å². The molecule has 0 radical (unpaired) electrons. The zero-order valence-electron chi connectivity index (χ0n) is 8.94. The fourth-order valence-electron chi connectivity index (χ4n) is 1.35. The van der Waals surface area contributed by atoms with Crippen molar-refractivity contribution in [3.63, 3.8) is 0 Å². The van der Waals surface area contributed by atoms with Crippen LogP contribution >= 0.6 is 11.6 Å². The number of hydrogen-bond donors (Lipinski definition) is 0. The second kappa shape index (κ2) is 5.53. The Hall–Kier alpha value is -0.770. The molecular formula is C11H13ClF3N. The number of pyridine rings is 1. The molecule has 0 saturated heterocycles. The molecule has 0 atom stereocenters. The monoisotopic (exact) mass is 251 g/mol. The predicted molar refractivity (Wildman–Crippen MR) is 57.5 cm³/mol. The van der Waals surface area contributed by atoms with Gasteiger partial charge in [0.25, 0.3) is 0 Å². The van der Waals surface area contributed by atoms with Gasteiger partial charge in [0.15, 0.2) is 0 Å². The Bertz CT molecular complexity index is 350. The van der Waals surface area contributed by atoms with Crippen LogP contribution in [0, 0.1) is 0 Å². The number of hydrogen-bond acceptors (Lipinski definition) is 1. The zero-order chi connectivity index (χ0) is 12.2. The lowest BCUT2D eigenvalue weighted by Gasteiger charge is -2.08. The van der Waals surface area contributed by atoms with Gasteiger partial charge in [0.05, 0.1) is 16.3 Å². The summed E-state index contributed by atoms with van der Waals surface area (Å²) in [5, 5.41) is 0.103. The Kier molecular flexibility index (Phi) is 4.59. The first-order chi connectivity index (χ1) is 7.45. The summed E-state index contributed by atoms with van der Waals surface area (Å²) in [5.41, 5.74) is -0.250. The fraction of sp³-hybridized carbons (Fsp3) is 0.545. The molecule has 0 aliphatic rings. The van der Waals surface area contributed by atoms with Crippen molar-refractivity contribution in [1.29, 1.82) is 0 Å². The number of nitrogens with zero attached hydrogens (tertiary/aromatic N) is 1. The van der Waals surface area contributed by atoms with E-state index in [9.17, 15) is 13.2 Å². The molecule has 0 N–H and O–H groups in total. The van der Waals surface area contributed by atoms with Gasteiger partial charge >= 0.3 is 6.18 Å². The number of halogens is 4. The van der Waals surface area contributed by atoms with E-state index in [4.69, 9.17) is 11.6 Å². The summed E-state index contributed by atoms with van der Waals surface area (Å²) in [6, 6.07) is 0.940. The van der Waals surface area contributed by atoms with Gasteiger partial charge in [-0.1, -0.05) is 31.4 Å². The molecule has 5 heteroatoms. The maximum Gasteiger partial charge on any atom is 0.417 e. The Labute approximate surface area is 97.6 Å². The van der Waals surface area contributed by atoms with Gasteiger partial charge in [-0.05, 0) is 18.9 Å². The molecular weight excluding hydrogens is 239 g/mol. The average molecular weight is 252 g/mol. The molecule has 1 aromatic rings. The molecule has 90 valence electrons. The SMILES string of the molecule is CCCCCc1ncc(C(F)(F)F)cc1Cl. The molecule has 0 fully saturated rings. The van der Waals surface area contributed by atoms with Gasteiger partial charge in [0, 0.05) is 6.20 Å². The molecule has 0 aliphatic carbocycles. The summed E-state index contributed by atoms with van der Waals surface area (Å²) >= 11 is 5.75. The maximum atomic E-state index is 12.3. The average Bonchev–Trinajstić information content (AvgIpc) is 2.19. The Morgan fingerprint density at radius 3 is 2.50 bits per heavy atom. The molecule has 0 spiro atoms. The van der Waals surface area contributed by atoms with E-state index in [0.717, 1.165) is 31.5 Å². The summed E-state index contributed by atoms with van der Waals surface area (Å²) in [5.74, 6) is 0. The highest BCUT2D eigenvalue weighted by Gasteiger charge is 2.31. The van der Waals surface area contributed by atoms with Crippen molar-refractivity contribution >= 4 is 11.6 Å². The van der Waals surface area contributed by atoms with Crippen LogP contribution in [0.3, 0.4) is 0 Å². The fourth-order valence-corrected chi connectivity index (χ4v) is 1.61. The van der Waals surface area contributed by atoms with Crippen LogP contribution in [0.5, 0.6) is 0 Å². The van der Waals surface area contributed by atoms with E-state index in [-0.39, 0.29) is 5.02 Å². The summed E-state index contributed by atoms with van der Waals surface area (Å²) in [6.45, 7) is 2.06. The quantitative estimate of drug-likeness (QED) is 0.719. The number of aromatic nitrogens is 1. The number of unbranched alkanes of at least 4 members (excludes halogenated alkanes) is 2. The van der Waals surface area contributed by atoms with Crippen LogP contribution in [0.4, 0.5) is 13.2 Å². The Morgan fingerprint density at radius 1 is 1.31 bits per heavy atom. The summed E-state index contributed by atoms with van der Waals surface area (Å²) in [4.78, 5) is 3.76. The van der Waals surface area contributed by atoms with E-state index in [1.807, 2.05) is 0 Å². The van der Waals surface area contributed by atoms with E-state index < -0.39 is 11.7 Å². The maximum absolute atomic E-state index is 12.3. The third-order valence-corrected chi connectivity index (χ3v) is 2.59. The van der Waals surface area contributed by atoms with Crippen LogP contribution in [0.1, 0.15) is 37.4 Å². The highest BCUT2D eigenvalue weighted by atomic mass is 35.5. The molecule has 1 aromatic heterocycles. The van der Waals surface area contributed by atoms with Gasteiger partial charge in [-0.25, -0.2) is 0 Å². The molecule has 0 amide bonds. The molecule has 0 bridgehead atoms. The first-order valence-electron chi connectivity index (χ1n) is 5.16. The molecule has 0 aliphatic heterocycles. The van der Waals surface area contributed by atoms with Crippen molar-refractivity contribution in [2.24, 2.45) is 0 Å². The largest absolute Gasteiger partial charge is 0.417 e. The van der Waals surface area contributed by atoms with Crippen LogP contribution in [-0.2, 0) is 12.6 Å². The zero-order valence-corrected chi connectivity index (χ0v) is 9.70. The normalized spacial score (nSPS) is 11.8. The van der Waals surface area contributed by atoms with Crippen molar-refractivity contribution in [3.05, 3.63) is 28.5 Å². The van der Waals surface area contributed by atoms with Gasteiger partial charge < -0.3 is 0 Å². The lowest BCUT2D eigenvalue weighted by atomic mass is 10.1. The lowest BCUT2D eigenvalue weighted by Crippen LogP contribution is -2.06. The van der Waals surface area contributed by atoms with E-state index in [2.05, 4.69) is 11.9 Å². The third-order valence-electron chi connectivity index (χ3n) is 2.26. The number of rotatable bonds is 4. The Balaban J connectivity index is 2.76. The second-order valence-corrected chi connectivity index (χ2v) is 4.01. The molecule has 1 nitrogen and oxygen atoms in total. The second-order valence-electron chi connectivity index (χ2n) is 3.61. The van der Waals surface area contributed by atoms with Crippen molar-refractivity contribution < 1.29 is 13.2 Å². The third kappa shape index (κ3) is 3.67. The lowest BCUT2D eigenvalue weighted by molar-refractivity contribution is -0.137. The first kappa shape index (κ1) is 13.3. The van der Waals surface area contributed by atoms with Crippen LogP contribution in [0.2, 0.25) is 5.02 Å². The van der Waals surface area contributed by atoms with Crippen molar-refractivity contribution in [2.75, 3.05) is 0 Å². The van der Waals surface area contributed by atoms with Gasteiger partial charge in [0.1, 0.15) is 0 Å². The summed E-state index contributed by atoms with van der Waals surface area (Å²) < 4.78 is 36.9. The van der Waals surface area contributed by atoms with Crippen molar-refractivity contribution in [2.45, 2.75) is 38.8 Å². The van der Waals surface area contributed by atoms with Crippen LogP contribution in [0.25, 0.3) is 0 Å². The highest BCUT2D eigenvalue weighted by molar-refractivity contribution is 6.31. The molecule has 0 aromatic carbocycles. The smallest absolute Gasteiger partial charge is 0.259 e. The minimum atomic E-state index is -4.38. The molecule has 1 rings (SSSR count). The molecule has 1 heterocycles. The first-order valence-corrected chi connectivity index (χ1v) is 5.54. The van der Waals surface area contributed by atoms with Crippen LogP contribution in [0.15, 0.2) is 12.3 Å². The van der Waals surface area contributed by atoms with E-state index in [0.29, 0.717) is 12.1 Å². The molecule has 0 saturated carbocycles. The van der Waals surface area contributed by atoms with Crippen LogP contribution in [-0.4, -0.2) is 4.98 Å². The van der Waals surface area contributed by atoms with Crippen molar-refractivity contribution in [3.8, 4) is 0 Å². The van der Waals surface area contributed by atoms with Gasteiger partial charge in [-0.3, -0.25) is 4.98 Å². The minimum absolute atomic E-state index is 0.103. The predicted octanol–water partition coefficient (Wildman–Crippen LogP) is 4.49. The molecule has 0 unspecified atom stereocenters. The van der Waals surface area contributed by atoms with Crippen LogP contribution < -0.4 is 0 Å². The van der Waals surface area contributed by atoms with Gasteiger partial charge in [-0.15, -0.1) is 0 Å². The van der Waals surface area contributed by atoms with E-state index in [1.54, 1.807) is 0 Å². The minimum Gasteiger partial charge on any atom is -0.259 e. The van der Waals surface area contributed by atoms with E-state index >= 15 is 0 Å². The summed E-state index contributed by atoms with van der Waals surface area (Å²) in [7, 11) is 0. The number of aryl methyl sites for hydroxylation is 1. The van der Waals surface area contributed by atoms with Gasteiger partial charge in [-0.2, -0.15) is 13.2 Å². The Morgan fingerprint density at radius 2 is 2.00 bits per heavy atom. The topological polar surface area (TPSA) is 12.9 Å². The molecule has 16 heavy (non-hydrogen) atoms. The van der Waals surface area contributed by atoms with Crippen molar-refractivity contribution in [1.82, 2.24) is 4.98 Å². The summed E-state index contributed by atoms with van der Waals surface area (Å²) in [6.07, 6.45) is 0.0719. The highest BCUT2D eigenvalue weighted by Crippen LogP contribution is 2.31. The standard InChI is InChI=1S/C11H13ClF3N/c1-2-3-4-5-10-9(12)6-8(7-16-10)11(13,14)15/h6-7H,2-5H2,1H3. The number of alkyl halides is 3.